The van der Waals surface area contributed by atoms with Gasteiger partial charge < -0.3 is 10.5 Å². The van der Waals surface area contributed by atoms with Gasteiger partial charge in [-0.05, 0) is 31.5 Å². The molecule has 1 aromatic rings. The summed E-state index contributed by atoms with van der Waals surface area (Å²) in [5.74, 6) is 0.434. The molecule has 84 valence electrons. The lowest BCUT2D eigenvalue weighted by Gasteiger charge is -2.19. The highest BCUT2D eigenvalue weighted by Gasteiger charge is 2.13. The fraction of sp³-hybridized carbons (Fsp3) is 0.455. The Balaban J connectivity index is 2.65. The highest BCUT2D eigenvalue weighted by atomic mass is 19.3. The minimum Gasteiger partial charge on any atom is -0.488 e. The van der Waals surface area contributed by atoms with Crippen molar-refractivity contribution in [3.63, 3.8) is 0 Å². The van der Waals surface area contributed by atoms with Crippen LogP contribution in [0, 0.1) is 0 Å². The number of nitrogens with two attached hydrogens (primary N) is 1. The minimum atomic E-state index is -2.45. The van der Waals surface area contributed by atoms with Crippen LogP contribution in [0.5, 0.6) is 5.75 Å². The summed E-state index contributed by atoms with van der Waals surface area (Å²) in [6, 6.07) is 6.85. The maximum absolute atomic E-state index is 11.8. The van der Waals surface area contributed by atoms with Gasteiger partial charge >= 0.3 is 0 Å². The first kappa shape index (κ1) is 11.9. The van der Waals surface area contributed by atoms with Crippen molar-refractivity contribution in [1.82, 2.24) is 0 Å². The van der Waals surface area contributed by atoms with E-state index in [1.54, 1.807) is 24.3 Å². The summed E-state index contributed by atoms with van der Waals surface area (Å²) in [4.78, 5) is 0. The van der Waals surface area contributed by atoms with E-state index in [1.807, 2.05) is 13.8 Å². The number of benzene rings is 1. The molecule has 0 fully saturated rings. The van der Waals surface area contributed by atoms with Crippen molar-refractivity contribution in [3.05, 3.63) is 29.8 Å². The van der Waals surface area contributed by atoms with Gasteiger partial charge in [0.05, 0.1) is 0 Å². The Morgan fingerprint density at radius 3 is 2.20 bits per heavy atom. The van der Waals surface area contributed by atoms with Gasteiger partial charge in [-0.2, -0.15) is 0 Å². The molecule has 0 unspecified atom stereocenters. The van der Waals surface area contributed by atoms with Crippen LogP contribution in [-0.4, -0.2) is 13.0 Å². The van der Waals surface area contributed by atoms with Gasteiger partial charge in [0.1, 0.15) is 12.4 Å². The van der Waals surface area contributed by atoms with Crippen LogP contribution in [-0.2, 0) is 5.54 Å². The smallest absolute Gasteiger partial charge is 0.272 e. The number of halogens is 2. The molecule has 2 nitrogen and oxygen atoms in total. The van der Waals surface area contributed by atoms with Crippen molar-refractivity contribution in [2.24, 2.45) is 5.73 Å². The Bertz CT molecular complexity index is 303. The quantitative estimate of drug-likeness (QED) is 0.837. The SMILES string of the molecule is CC(C)(N)c1ccc(OCC(F)F)cc1. The molecule has 0 atom stereocenters. The van der Waals surface area contributed by atoms with Gasteiger partial charge in [-0.1, -0.05) is 12.1 Å². The zero-order valence-corrected chi connectivity index (χ0v) is 8.84. The number of hydrogen-bond acceptors (Lipinski definition) is 2. The molecule has 0 aliphatic carbocycles. The summed E-state index contributed by atoms with van der Waals surface area (Å²) < 4.78 is 28.5. The Morgan fingerprint density at radius 2 is 1.80 bits per heavy atom. The van der Waals surface area contributed by atoms with Gasteiger partial charge in [0.2, 0.25) is 0 Å². The molecule has 0 aliphatic rings. The van der Waals surface area contributed by atoms with E-state index in [2.05, 4.69) is 0 Å². The summed E-state index contributed by atoms with van der Waals surface area (Å²) in [7, 11) is 0. The molecule has 0 heterocycles. The average Bonchev–Trinajstić information content (AvgIpc) is 2.14. The zero-order chi connectivity index (χ0) is 11.5. The van der Waals surface area contributed by atoms with Gasteiger partial charge in [0, 0.05) is 5.54 Å². The molecule has 0 saturated heterocycles. The average molecular weight is 215 g/mol. The largest absolute Gasteiger partial charge is 0.488 e. The molecular formula is C11H15F2NO. The second-order valence-electron chi connectivity index (χ2n) is 3.95. The van der Waals surface area contributed by atoms with Gasteiger partial charge in [0.25, 0.3) is 6.43 Å². The Hall–Kier alpha value is -1.16. The first-order valence-electron chi connectivity index (χ1n) is 4.70. The van der Waals surface area contributed by atoms with E-state index in [1.165, 1.54) is 0 Å². The van der Waals surface area contributed by atoms with Crippen LogP contribution in [0.15, 0.2) is 24.3 Å². The lowest BCUT2D eigenvalue weighted by Crippen LogP contribution is -2.28. The second kappa shape index (κ2) is 4.57. The highest BCUT2D eigenvalue weighted by molar-refractivity contribution is 5.30. The Kier molecular flexibility index (Phi) is 3.63. The van der Waals surface area contributed by atoms with Crippen molar-refractivity contribution in [1.29, 1.82) is 0 Å². The van der Waals surface area contributed by atoms with Gasteiger partial charge in [-0.3, -0.25) is 0 Å². The number of ether oxygens (including phenoxy) is 1. The van der Waals surface area contributed by atoms with Gasteiger partial charge in [-0.25, -0.2) is 8.78 Å². The summed E-state index contributed by atoms with van der Waals surface area (Å²) in [5, 5.41) is 0. The summed E-state index contributed by atoms with van der Waals surface area (Å²) >= 11 is 0. The Morgan fingerprint density at radius 1 is 1.27 bits per heavy atom. The van der Waals surface area contributed by atoms with Crippen molar-refractivity contribution in [3.8, 4) is 5.75 Å². The van der Waals surface area contributed by atoms with Crippen molar-refractivity contribution < 1.29 is 13.5 Å². The van der Waals surface area contributed by atoms with E-state index in [4.69, 9.17) is 10.5 Å². The molecule has 0 aromatic heterocycles. The number of alkyl halides is 2. The summed E-state index contributed by atoms with van der Waals surface area (Å²) in [6.45, 7) is 3.18. The van der Waals surface area contributed by atoms with Crippen molar-refractivity contribution in [2.75, 3.05) is 6.61 Å². The molecular weight excluding hydrogens is 200 g/mol. The Labute approximate surface area is 88.0 Å². The van der Waals surface area contributed by atoms with Crippen molar-refractivity contribution in [2.45, 2.75) is 25.8 Å². The second-order valence-corrected chi connectivity index (χ2v) is 3.95. The fourth-order valence-corrected chi connectivity index (χ4v) is 1.14. The maximum Gasteiger partial charge on any atom is 0.272 e. The van der Waals surface area contributed by atoms with Crippen LogP contribution in [0.3, 0.4) is 0 Å². The monoisotopic (exact) mass is 215 g/mol. The molecule has 2 N–H and O–H groups in total. The lowest BCUT2D eigenvalue weighted by molar-refractivity contribution is 0.0819. The van der Waals surface area contributed by atoms with Crippen LogP contribution in [0.4, 0.5) is 8.78 Å². The van der Waals surface area contributed by atoms with Gasteiger partial charge in [-0.15, -0.1) is 0 Å². The lowest BCUT2D eigenvalue weighted by atomic mass is 9.96. The topological polar surface area (TPSA) is 35.2 Å². The molecule has 0 bridgehead atoms. The van der Waals surface area contributed by atoms with E-state index < -0.39 is 18.6 Å². The predicted molar refractivity (Wildman–Crippen MR) is 55.2 cm³/mol. The van der Waals surface area contributed by atoms with E-state index in [0.29, 0.717) is 5.75 Å². The molecule has 4 heteroatoms. The fourth-order valence-electron chi connectivity index (χ4n) is 1.14. The highest BCUT2D eigenvalue weighted by Crippen LogP contribution is 2.20. The van der Waals surface area contributed by atoms with Crippen LogP contribution in [0.25, 0.3) is 0 Å². The predicted octanol–water partition coefficient (Wildman–Crippen LogP) is 2.52. The van der Waals surface area contributed by atoms with Crippen molar-refractivity contribution >= 4 is 0 Å². The molecule has 0 aliphatic heterocycles. The third-order valence-corrected chi connectivity index (χ3v) is 1.97. The molecule has 0 saturated carbocycles. The van der Waals surface area contributed by atoms with Gasteiger partial charge in [0.15, 0.2) is 0 Å². The maximum atomic E-state index is 11.8. The zero-order valence-electron chi connectivity index (χ0n) is 8.84. The van der Waals surface area contributed by atoms with E-state index >= 15 is 0 Å². The summed E-state index contributed by atoms with van der Waals surface area (Å²) in [6.07, 6.45) is -2.45. The van der Waals surface area contributed by atoms with Crippen LogP contribution in [0.2, 0.25) is 0 Å². The number of rotatable bonds is 4. The molecule has 15 heavy (non-hydrogen) atoms. The molecule has 0 amide bonds. The number of hydrogen-bond donors (Lipinski definition) is 1. The molecule has 1 aromatic carbocycles. The molecule has 0 radical (unpaired) electrons. The van der Waals surface area contributed by atoms with Crippen LogP contribution >= 0.6 is 0 Å². The molecule has 0 spiro atoms. The third-order valence-electron chi connectivity index (χ3n) is 1.97. The molecule has 1 rings (SSSR count). The first-order chi connectivity index (χ1) is 6.89. The van der Waals surface area contributed by atoms with Crippen LogP contribution < -0.4 is 10.5 Å². The third kappa shape index (κ3) is 3.83. The first-order valence-corrected chi connectivity index (χ1v) is 4.70. The van der Waals surface area contributed by atoms with Crippen LogP contribution in [0.1, 0.15) is 19.4 Å². The van der Waals surface area contributed by atoms with E-state index in [-0.39, 0.29) is 0 Å². The van der Waals surface area contributed by atoms with E-state index in [0.717, 1.165) is 5.56 Å². The summed E-state index contributed by atoms with van der Waals surface area (Å²) in [5.41, 5.74) is 6.38. The standard InChI is InChI=1S/C11H15F2NO/c1-11(2,14)8-3-5-9(6-4-8)15-7-10(12)13/h3-6,10H,7,14H2,1-2H3. The minimum absolute atomic E-state index is 0.429. The normalized spacial score (nSPS) is 11.9. The van der Waals surface area contributed by atoms with E-state index in [9.17, 15) is 8.78 Å².